The molecule has 0 aliphatic rings. The maximum atomic E-state index is 8.00. The molecule has 2 aromatic rings. The van der Waals surface area contributed by atoms with Crippen LogP contribution in [0, 0.1) is 0 Å². The molecule has 0 unspecified atom stereocenters. The highest BCUT2D eigenvalue weighted by molar-refractivity contribution is 5.72. The molecule has 5 nitrogen and oxygen atoms in total. The predicted octanol–water partition coefficient (Wildman–Crippen LogP) is 4.64. The molecule has 3 N–H and O–H groups in total. The second kappa shape index (κ2) is 13.7. The number of H-pyrrole nitrogens is 1. The third-order valence-electron chi connectivity index (χ3n) is 3.65. The maximum absolute atomic E-state index is 8.00. The second-order valence-corrected chi connectivity index (χ2v) is 6.67. The van der Waals surface area contributed by atoms with Crippen molar-refractivity contribution < 1.29 is 4.79 Å². The summed E-state index contributed by atoms with van der Waals surface area (Å²) in [7, 11) is 0. The fraction of sp³-hybridized carbons (Fsp3) is 0.632. The lowest BCUT2D eigenvalue weighted by Crippen LogP contribution is -2.31. The zero-order valence-corrected chi connectivity index (χ0v) is 15.6. The Morgan fingerprint density at radius 3 is 1.88 bits per heavy atom. The summed E-state index contributed by atoms with van der Waals surface area (Å²) < 4.78 is 0. The predicted molar refractivity (Wildman–Crippen MR) is 102 cm³/mol. The summed E-state index contributed by atoms with van der Waals surface area (Å²) in [6, 6.07) is 7.70. The molecule has 0 aliphatic heterocycles. The van der Waals surface area contributed by atoms with Gasteiger partial charge in [0.2, 0.25) is 0 Å². The molecule has 0 spiro atoms. The number of aromatic nitrogens is 3. The average Bonchev–Trinajstić information content (AvgIpc) is 3.04. The Hall–Kier alpha value is -1.75. The zero-order chi connectivity index (χ0) is 18.3. The van der Waals surface area contributed by atoms with Crippen molar-refractivity contribution in [2.45, 2.75) is 77.7 Å². The van der Waals surface area contributed by atoms with Crippen molar-refractivity contribution >= 4 is 17.8 Å². The zero-order valence-electron chi connectivity index (χ0n) is 15.6. The monoisotopic (exact) mass is 334 g/mol. The molecule has 0 atom stereocenters. The Morgan fingerprint density at radius 1 is 0.958 bits per heavy atom. The van der Waals surface area contributed by atoms with Crippen molar-refractivity contribution in [2.24, 2.45) is 5.73 Å². The first kappa shape index (κ1) is 22.2. The van der Waals surface area contributed by atoms with Gasteiger partial charge in [-0.2, -0.15) is 15.4 Å². The minimum absolute atomic E-state index is 0.0451. The number of para-hydroxylation sites is 2. The Labute approximate surface area is 146 Å². The molecule has 1 aromatic heterocycles. The summed E-state index contributed by atoms with van der Waals surface area (Å²) in [5.74, 6) is 0. The largest absolute Gasteiger partial charge is 0.326 e. The van der Waals surface area contributed by atoms with Gasteiger partial charge in [0, 0.05) is 5.54 Å². The van der Waals surface area contributed by atoms with Crippen molar-refractivity contribution in [1.82, 2.24) is 15.4 Å². The fourth-order valence-corrected chi connectivity index (χ4v) is 2.32. The van der Waals surface area contributed by atoms with Crippen LogP contribution in [0.15, 0.2) is 24.3 Å². The number of benzene rings is 1. The number of aromatic amines is 1. The van der Waals surface area contributed by atoms with Crippen molar-refractivity contribution in [1.29, 1.82) is 0 Å². The molecule has 5 heteroatoms. The van der Waals surface area contributed by atoms with Crippen LogP contribution in [0.3, 0.4) is 0 Å². The number of nitrogens with zero attached hydrogens (tertiary/aromatic N) is 2. The van der Waals surface area contributed by atoms with Crippen LogP contribution in [-0.2, 0) is 4.79 Å². The van der Waals surface area contributed by atoms with Crippen LogP contribution in [-0.4, -0.2) is 27.7 Å². The number of unbranched alkanes of at least 4 members (excludes halogenated alkanes) is 6. The molecule has 0 saturated heterocycles. The Bertz CT molecular complexity index is 489. The summed E-state index contributed by atoms with van der Waals surface area (Å²) in [4.78, 5) is 8.00. The molecule has 1 aromatic carbocycles. The van der Waals surface area contributed by atoms with Gasteiger partial charge < -0.3 is 10.5 Å². The van der Waals surface area contributed by atoms with E-state index in [1.807, 2.05) is 31.1 Å². The van der Waals surface area contributed by atoms with E-state index >= 15 is 0 Å². The van der Waals surface area contributed by atoms with Crippen molar-refractivity contribution in [2.75, 3.05) is 0 Å². The molecule has 0 radical (unpaired) electrons. The standard InChI is InChI=1S/C12H27N.C6H5N3.CH2O/c1-4-5-6-7-8-9-10-11-12(2,3)13;1-2-4-6-5(3-1)7-9-8-6;1-2/h4-11,13H2,1-3H3;1-4H,(H,7,8,9);1H2. The van der Waals surface area contributed by atoms with E-state index < -0.39 is 0 Å². The van der Waals surface area contributed by atoms with Crippen LogP contribution in [0.2, 0.25) is 0 Å². The van der Waals surface area contributed by atoms with E-state index in [4.69, 9.17) is 10.5 Å². The first-order valence-corrected chi connectivity index (χ1v) is 8.86. The van der Waals surface area contributed by atoms with Gasteiger partial charge >= 0.3 is 0 Å². The Balaban J connectivity index is 0.000000415. The smallest absolute Gasteiger partial charge is 0.112 e. The number of carbonyl (C=O) groups excluding carboxylic acids is 1. The van der Waals surface area contributed by atoms with Gasteiger partial charge in [0.25, 0.3) is 0 Å². The van der Waals surface area contributed by atoms with Crippen molar-refractivity contribution in [3.8, 4) is 0 Å². The first-order chi connectivity index (χ1) is 11.5. The van der Waals surface area contributed by atoms with Gasteiger partial charge in [0.15, 0.2) is 0 Å². The first-order valence-electron chi connectivity index (χ1n) is 8.86. The van der Waals surface area contributed by atoms with Crippen LogP contribution >= 0.6 is 0 Å². The SMILES string of the molecule is C=O.CCCCCCCCCC(C)(C)N.c1ccc2n[nH]nc2c1. The molecular weight excluding hydrogens is 300 g/mol. The minimum atomic E-state index is 0.0451. The summed E-state index contributed by atoms with van der Waals surface area (Å²) >= 11 is 0. The van der Waals surface area contributed by atoms with E-state index in [1.54, 1.807) is 0 Å². The van der Waals surface area contributed by atoms with Crippen molar-refractivity contribution in [3.63, 3.8) is 0 Å². The van der Waals surface area contributed by atoms with Gasteiger partial charge in [0.1, 0.15) is 17.8 Å². The molecule has 2 rings (SSSR count). The number of carbonyl (C=O) groups is 1. The highest BCUT2D eigenvalue weighted by atomic mass is 16.1. The summed E-state index contributed by atoms with van der Waals surface area (Å²) in [6.07, 6.45) is 10.8. The van der Waals surface area contributed by atoms with E-state index in [0.29, 0.717) is 0 Å². The minimum Gasteiger partial charge on any atom is -0.326 e. The lowest BCUT2D eigenvalue weighted by atomic mass is 9.97. The van der Waals surface area contributed by atoms with Crippen molar-refractivity contribution in [3.05, 3.63) is 24.3 Å². The highest BCUT2D eigenvalue weighted by Gasteiger charge is 2.08. The lowest BCUT2D eigenvalue weighted by molar-refractivity contribution is -0.0979. The number of rotatable bonds is 8. The van der Waals surface area contributed by atoms with Crippen LogP contribution in [0.5, 0.6) is 0 Å². The van der Waals surface area contributed by atoms with E-state index in [1.165, 1.54) is 51.4 Å². The van der Waals surface area contributed by atoms with Gasteiger partial charge in [-0.3, -0.25) is 0 Å². The normalized spacial score (nSPS) is 10.5. The molecule has 0 amide bonds. The third kappa shape index (κ3) is 11.8. The molecule has 24 heavy (non-hydrogen) atoms. The Kier molecular flexibility index (Phi) is 12.7. The van der Waals surface area contributed by atoms with Gasteiger partial charge in [-0.05, 0) is 32.4 Å². The lowest BCUT2D eigenvalue weighted by Gasteiger charge is -2.17. The molecular formula is C19H34N4O. The number of hydrogen-bond donors (Lipinski definition) is 2. The van der Waals surface area contributed by atoms with Gasteiger partial charge in [-0.15, -0.1) is 0 Å². The maximum Gasteiger partial charge on any atom is 0.112 e. The van der Waals surface area contributed by atoms with Gasteiger partial charge in [0.05, 0.1) is 0 Å². The van der Waals surface area contributed by atoms with E-state index in [0.717, 1.165) is 11.0 Å². The number of nitrogens with one attached hydrogen (secondary N) is 1. The number of fused-ring (bicyclic) bond motifs is 1. The second-order valence-electron chi connectivity index (χ2n) is 6.67. The van der Waals surface area contributed by atoms with E-state index in [9.17, 15) is 0 Å². The molecule has 0 saturated carbocycles. The highest BCUT2D eigenvalue weighted by Crippen LogP contribution is 2.13. The number of nitrogens with two attached hydrogens (primary N) is 1. The van der Waals surface area contributed by atoms with Crippen LogP contribution in [0.25, 0.3) is 11.0 Å². The number of hydrogen-bond acceptors (Lipinski definition) is 4. The van der Waals surface area contributed by atoms with Gasteiger partial charge in [-0.25, -0.2) is 0 Å². The summed E-state index contributed by atoms with van der Waals surface area (Å²) in [6.45, 7) is 8.49. The molecule has 0 aliphatic carbocycles. The van der Waals surface area contributed by atoms with Gasteiger partial charge in [-0.1, -0.05) is 64.0 Å². The molecule has 0 bridgehead atoms. The van der Waals surface area contributed by atoms with Crippen LogP contribution in [0.4, 0.5) is 0 Å². The van der Waals surface area contributed by atoms with E-state index in [-0.39, 0.29) is 5.54 Å². The summed E-state index contributed by atoms with van der Waals surface area (Å²) in [5, 5.41) is 10.3. The fourth-order valence-electron chi connectivity index (χ4n) is 2.32. The molecule has 0 fully saturated rings. The summed E-state index contributed by atoms with van der Waals surface area (Å²) in [5.41, 5.74) is 7.77. The molecule has 136 valence electrons. The topological polar surface area (TPSA) is 84.7 Å². The Morgan fingerprint density at radius 2 is 1.42 bits per heavy atom. The van der Waals surface area contributed by atoms with E-state index in [2.05, 4.69) is 36.2 Å². The van der Waals surface area contributed by atoms with Crippen LogP contribution < -0.4 is 5.73 Å². The molecule has 1 heterocycles. The quantitative estimate of drug-likeness (QED) is 0.689. The van der Waals surface area contributed by atoms with Crippen LogP contribution in [0.1, 0.15) is 72.1 Å². The average molecular weight is 335 g/mol. The third-order valence-corrected chi connectivity index (χ3v) is 3.65.